The van der Waals surface area contributed by atoms with Crippen molar-refractivity contribution >= 4 is 53.3 Å². The number of halogens is 2. The third kappa shape index (κ3) is 5.30. The van der Waals surface area contributed by atoms with Gasteiger partial charge in [-0.2, -0.15) is 10.2 Å². The molecule has 1 aliphatic heterocycles. The Morgan fingerprint density at radius 3 is 2.58 bits per heavy atom. The number of hydrogen-bond acceptors (Lipinski definition) is 7. The van der Waals surface area contributed by atoms with Crippen LogP contribution in [0.25, 0.3) is 21.8 Å². The van der Waals surface area contributed by atoms with E-state index in [-0.39, 0.29) is 29.5 Å². The summed E-state index contributed by atoms with van der Waals surface area (Å²) in [7, 11) is 1.67. The topological polar surface area (TPSA) is 104 Å². The summed E-state index contributed by atoms with van der Waals surface area (Å²) in [5, 5.41) is 12.1. The highest BCUT2D eigenvalue weighted by molar-refractivity contribution is 6.76. The lowest BCUT2D eigenvalue weighted by molar-refractivity contribution is -0.146. The number of nitrogens with one attached hydrogen (secondary N) is 1. The first-order chi connectivity index (χ1) is 19.0. The summed E-state index contributed by atoms with van der Waals surface area (Å²) < 4.78 is 43.8. The van der Waals surface area contributed by atoms with Gasteiger partial charge in [-0.25, -0.2) is 13.5 Å². The highest BCUT2D eigenvalue weighted by Gasteiger charge is 2.36. The first-order valence-corrected chi connectivity index (χ1v) is 16.7. The number of ether oxygens (including phenoxy) is 2. The summed E-state index contributed by atoms with van der Waals surface area (Å²) in [6, 6.07) is 7.24. The van der Waals surface area contributed by atoms with Crippen molar-refractivity contribution < 1.29 is 27.8 Å². The Morgan fingerprint density at radius 1 is 1.12 bits per heavy atom. The molecule has 40 heavy (non-hydrogen) atoms. The summed E-state index contributed by atoms with van der Waals surface area (Å²) >= 11 is 0. The maximum absolute atomic E-state index is 15.1. The molecule has 13 heteroatoms. The van der Waals surface area contributed by atoms with E-state index in [1.807, 2.05) is 4.90 Å². The molecule has 212 valence electrons. The van der Waals surface area contributed by atoms with Crippen molar-refractivity contribution in [1.29, 1.82) is 0 Å². The second-order valence-corrected chi connectivity index (χ2v) is 16.9. The van der Waals surface area contributed by atoms with Crippen LogP contribution in [0.15, 0.2) is 30.5 Å². The Hall–Kier alpha value is -3.84. The highest BCUT2D eigenvalue weighted by Crippen LogP contribution is 2.34. The highest BCUT2D eigenvalue weighted by atomic mass is 28.3. The van der Waals surface area contributed by atoms with E-state index in [9.17, 15) is 14.0 Å². The van der Waals surface area contributed by atoms with Crippen LogP contribution in [-0.2, 0) is 28.0 Å². The van der Waals surface area contributed by atoms with E-state index in [1.54, 1.807) is 29.9 Å². The molecule has 10 nitrogen and oxygen atoms in total. The molecule has 0 saturated carbocycles. The Labute approximate surface area is 230 Å². The fourth-order valence-corrected chi connectivity index (χ4v) is 5.45. The normalized spacial score (nSPS) is 14.1. The Kier molecular flexibility index (Phi) is 7.36. The smallest absolute Gasteiger partial charge is 0.312 e. The van der Waals surface area contributed by atoms with Crippen molar-refractivity contribution in [1.82, 2.24) is 19.6 Å². The van der Waals surface area contributed by atoms with E-state index in [1.165, 1.54) is 18.0 Å². The molecular formula is C27H32F2N6O4Si. The van der Waals surface area contributed by atoms with Crippen LogP contribution in [0.5, 0.6) is 0 Å². The van der Waals surface area contributed by atoms with Crippen LogP contribution in [-0.4, -0.2) is 66.3 Å². The Bertz CT molecular complexity index is 1610. The number of rotatable bonds is 9. The van der Waals surface area contributed by atoms with Crippen LogP contribution in [0, 0.1) is 17.6 Å². The van der Waals surface area contributed by atoms with Crippen LogP contribution in [0.1, 0.15) is 10.4 Å². The molecule has 0 spiro atoms. The van der Waals surface area contributed by atoms with Gasteiger partial charge >= 0.3 is 5.97 Å². The summed E-state index contributed by atoms with van der Waals surface area (Å²) in [6.45, 7) is 8.57. The van der Waals surface area contributed by atoms with Crippen LogP contribution in [0.3, 0.4) is 0 Å². The van der Waals surface area contributed by atoms with Gasteiger partial charge in [0.05, 0.1) is 35.6 Å². The summed E-state index contributed by atoms with van der Waals surface area (Å²) in [4.78, 5) is 26.9. The molecule has 3 heterocycles. The number of benzene rings is 2. The van der Waals surface area contributed by atoms with Gasteiger partial charge in [-0.3, -0.25) is 14.3 Å². The van der Waals surface area contributed by atoms with Crippen LogP contribution in [0.2, 0.25) is 25.7 Å². The van der Waals surface area contributed by atoms with E-state index in [0.717, 1.165) is 17.6 Å². The van der Waals surface area contributed by atoms with Gasteiger partial charge in [0, 0.05) is 52.0 Å². The Morgan fingerprint density at radius 2 is 1.88 bits per heavy atom. The number of aryl methyl sites for hydroxylation is 1. The van der Waals surface area contributed by atoms with Gasteiger partial charge in [0.15, 0.2) is 5.82 Å². The van der Waals surface area contributed by atoms with E-state index < -0.39 is 31.2 Å². The first-order valence-electron chi connectivity index (χ1n) is 13.0. The molecule has 0 bridgehead atoms. The van der Waals surface area contributed by atoms with Crippen LogP contribution >= 0.6 is 0 Å². The number of amides is 1. The molecule has 0 radical (unpaired) electrons. The van der Waals surface area contributed by atoms with Gasteiger partial charge in [0.25, 0.3) is 5.91 Å². The van der Waals surface area contributed by atoms with Crippen molar-refractivity contribution in [2.24, 2.45) is 13.0 Å². The number of carbonyl (C=O) groups excluding carboxylic acids is 2. The molecule has 1 N–H and O–H groups in total. The monoisotopic (exact) mass is 570 g/mol. The third-order valence-electron chi connectivity index (χ3n) is 7.08. The minimum atomic E-state index is -1.26. The molecule has 5 rings (SSSR count). The van der Waals surface area contributed by atoms with E-state index in [0.29, 0.717) is 36.6 Å². The molecule has 0 aliphatic carbocycles. The molecule has 1 fully saturated rings. The lowest BCUT2D eigenvalue weighted by atomic mass is 10.00. The van der Waals surface area contributed by atoms with Gasteiger partial charge in [0.1, 0.15) is 23.9 Å². The first kappa shape index (κ1) is 27.7. The van der Waals surface area contributed by atoms with Gasteiger partial charge < -0.3 is 19.7 Å². The van der Waals surface area contributed by atoms with Crippen molar-refractivity contribution in [3.8, 4) is 0 Å². The minimum absolute atomic E-state index is 0.0557. The van der Waals surface area contributed by atoms with Gasteiger partial charge in [-0.15, -0.1) is 0 Å². The molecule has 1 aliphatic rings. The molecule has 0 unspecified atom stereocenters. The number of aromatic nitrogens is 4. The zero-order valence-corrected chi connectivity index (χ0v) is 24.1. The summed E-state index contributed by atoms with van der Waals surface area (Å²) in [5.41, 5.74) is 0.664. The predicted molar refractivity (Wildman–Crippen MR) is 150 cm³/mol. The van der Waals surface area contributed by atoms with E-state index >= 15 is 4.39 Å². The minimum Gasteiger partial charge on any atom is -0.469 e. The number of fused-ring (bicyclic) bond motifs is 2. The van der Waals surface area contributed by atoms with E-state index in [4.69, 9.17) is 14.6 Å². The van der Waals surface area contributed by atoms with Gasteiger partial charge in [-0.1, -0.05) is 19.6 Å². The molecule has 2 aromatic heterocycles. The zero-order valence-electron chi connectivity index (χ0n) is 23.1. The average Bonchev–Trinajstić information content (AvgIpc) is 3.40. The number of methoxy groups -OCH3 is 1. The quantitative estimate of drug-likeness (QED) is 0.181. The SMILES string of the molecule is COC(=O)C1CN(c2nn(COCC[Si](C)(C)C)c3ccc(NC(=O)c4c(F)cc5c(cnn5C)c4F)cc23)C1. The third-order valence-corrected chi connectivity index (χ3v) is 8.79. The molecule has 1 saturated heterocycles. The zero-order chi connectivity index (χ0) is 28.8. The van der Waals surface area contributed by atoms with Gasteiger partial charge in [0.2, 0.25) is 0 Å². The lowest BCUT2D eigenvalue weighted by Gasteiger charge is -2.37. The largest absolute Gasteiger partial charge is 0.469 e. The standard InChI is InChI=1S/C27H32F2N6O4Si/c1-33-22-11-20(28)23(24(29)19(22)12-30-33)26(36)31-17-6-7-21-18(10-17)25(34-13-16(14-34)27(37)38-2)32-35(21)15-39-8-9-40(3,4)5/h6-7,10-12,16H,8-9,13-15H2,1-5H3,(H,31,36). The second kappa shape index (κ2) is 10.6. The molecule has 2 aromatic carbocycles. The Balaban J connectivity index is 1.43. The van der Waals surface area contributed by atoms with Gasteiger partial charge in [-0.05, 0) is 24.2 Å². The van der Waals surface area contributed by atoms with E-state index in [2.05, 4.69) is 30.1 Å². The maximum atomic E-state index is 15.1. The molecule has 4 aromatic rings. The number of hydrogen-bond donors (Lipinski definition) is 1. The summed E-state index contributed by atoms with van der Waals surface area (Å²) in [6.07, 6.45) is 1.26. The fourth-order valence-electron chi connectivity index (χ4n) is 4.69. The number of esters is 1. The number of nitrogens with zero attached hydrogens (tertiary/aromatic N) is 5. The van der Waals surface area contributed by atoms with Crippen molar-refractivity contribution in [3.63, 3.8) is 0 Å². The lowest BCUT2D eigenvalue weighted by Crippen LogP contribution is -2.51. The second-order valence-electron chi connectivity index (χ2n) is 11.2. The van der Waals surface area contributed by atoms with Crippen molar-refractivity contribution in [2.45, 2.75) is 32.4 Å². The van der Waals surface area contributed by atoms with Crippen molar-refractivity contribution in [3.05, 3.63) is 47.7 Å². The maximum Gasteiger partial charge on any atom is 0.312 e. The predicted octanol–water partition coefficient (Wildman–Crippen LogP) is 4.38. The fraction of sp³-hybridized carbons (Fsp3) is 0.407. The molecule has 1 amide bonds. The number of carbonyl (C=O) groups is 2. The molecular weight excluding hydrogens is 538 g/mol. The number of anilines is 2. The van der Waals surface area contributed by atoms with Crippen LogP contribution in [0.4, 0.5) is 20.3 Å². The van der Waals surface area contributed by atoms with Crippen LogP contribution < -0.4 is 10.2 Å². The van der Waals surface area contributed by atoms with Crippen molar-refractivity contribution in [2.75, 3.05) is 37.0 Å². The summed E-state index contributed by atoms with van der Waals surface area (Å²) in [5.74, 6) is -2.79. The molecule has 0 atom stereocenters. The average molecular weight is 571 g/mol.